The van der Waals surface area contributed by atoms with Gasteiger partial charge in [-0.2, -0.15) is 0 Å². The molecule has 1 amide bonds. The van der Waals surface area contributed by atoms with Crippen molar-refractivity contribution in [2.75, 3.05) is 25.0 Å². The molecule has 0 spiro atoms. The molecule has 0 bridgehead atoms. The zero-order valence-corrected chi connectivity index (χ0v) is 20.9. The molecule has 1 unspecified atom stereocenters. The molecular weight excluding hydrogens is 491 g/mol. The third-order valence-corrected chi connectivity index (χ3v) is 5.33. The third-order valence-electron chi connectivity index (χ3n) is 5.33. The topological polar surface area (TPSA) is 85.8 Å². The number of guanidine groups is 1. The van der Waals surface area contributed by atoms with Crippen LogP contribution in [0.1, 0.15) is 58.4 Å². The van der Waals surface area contributed by atoms with E-state index in [1.54, 1.807) is 0 Å². The molecule has 0 aliphatic heterocycles. The molecule has 1 fully saturated rings. The first-order valence-corrected chi connectivity index (χ1v) is 11.0. The first-order valence-electron chi connectivity index (χ1n) is 11.0. The smallest absolute Gasteiger partial charge is 0.227 e. The first-order chi connectivity index (χ1) is 14.0. The molecule has 1 aromatic carbocycles. The zero-order valence-electron chi connectivity index (χ0n) is 18.6. The van der Waals surface area contributed by atoms with E-state index in [0.29, 0.717) is 18.4 Å². The molecule has 0 aromatic heterocycles. The summed E-state index contributed by atoms with van der Waals surface area (Å²) in [6.45, 7) is 8.80. The highest BCUT2D eigenvalue weighted by atomic mass is 127. The Bertz CT molecular complexity index is 662. The number of carbonyl (C=O) groups excluding carboxylic acids is 1. The van der Waals surface area contributed by atoms with Crippen LogP contribution < -0.4 is 16.0 Å². The highest BCUT2D eigenvalue weighted by Gasteiger charge is 2.25. The fourth-order valence-corrected chi connectivity index (χ4v) is 3.57. The number of nitrogens with one attached hydrogen (secondary N) is 3. The summed E-state index contributed by atoms with van der Waals surface area (Å²) in [4.78, 5) is 16.9. The number of aliphatic hydroxyl groups is 1. The second-order valence-corrected chi connectivity index (χ2v) is 8.40. The Morgan fingerprint density at radius 3 is 2.63 bits per heavy atom. The summed E-state index contributed by atoms with van der Waals surface area (Å²) < 4.78 is 0. The Morgan fingerprint density at radius 2 is 2.03 bits per heavy atom. The first kappa shape index (κ1) is 26.7. The van der Waals surface area contributed by atoms with Gasteiger partial charge in [0.25, 0.3) is 0 Å². The summed E-state index contributed by atoms with van der Waals surface area (Å²) in [6.07, 6.45) is 5.04. The van der Waals surface area contributed by atoms with Gasteiger partial charge in [-0.1, -0.05) is 32.4 Å². The van der Waals surface area contributed by atoms with E-state index in [2.05, 4.69) is 29.8 Å². The van der Waals surface area contributed by atoms with E-state index >= 15 is 0 Å². The zero-order chi connectivity index (χ0) is 21.1. The van der Waals surface area contributed by atoms with Crippen LogP contribution in [0.3, 0.4) is 0 Å². The minimum absolute atomic E-state index is 0. The van der Waals surface area contributed by atoms with Crippen LogP contribution in [0, 0.1) is 17.8 Å². The molecule has 0 radical (unpaired) electrons. The highest BCUT2D eigenvalue weighted by Crippen LogP contribution is 2.27. The average Bonchev–Trinajstić information content (AvgIpc) is 2.62. The van der Waals surface area contributed by atoms with Crippen molar-refractivity contribution in [1.29, 1.82) is 0 Å². The molecule has 1 aliphatic rings. The van der Waals surface area contributed by atoms with Crippen LogP contribution in [-0.2, 0) is 11.3 Å². The van der Waals surface area contributed by atoms with Gasteiger partial charge in [0.15, 0.2) is 5.96 Å². The average molecular weight is 530 g/mol. The van der Waals surface area contributed by atoms with E-state index in [1.165, 1.54) is 0 Å². The minimum Gasteiger partial charge on any atom is -0.396 e. The predicted molar refractivity (Wildman–Crippen MR) is 135 cm³/mol. The highest BCUT2D eigenvalue weighted by molar-refractivity contribution is 14.0. The van der Waals surface area contributed by atoms with Crippen LogP contribution in [0.25, 0.3) is 0 Å². The fourth-order valence-electron chi connectivity index (χ4n) is 3.57. The lowest BCUT2D eigenvalue weighted by molar-refractivity contribution is -0.122. The number of carbonyl (C=O) groups is 1. The Labute approximate surface area is 198 Å². The van der Waals surface area contributed by atoms with Crippen molar-refractivity contribution < 1.29 is 9.90 Å². The second kappa shape index (κ2) is 14.6. The van der Waals surface area contributed by atoms with E-state index < -0.39 is 0 Å². The summed E-state index contributed by atoms with van der Waals surface area (Å²) in [5, 5.41) is 19.0. The molecule has 6 nitrogen and oxygen atoms in total. The van der Waals surface area contributed by atoms with Crippen molar-refractivity contribution in [3.8, 4) is 0 Å². The largest absolute Gasteiger partial charge is 0.396 e. The number of amides is 1. The van der Waals surface area contributed by atoms with Gasteiger partial charge in [0.2, 0.25) is 5.91 Å². The van der Waals surface area contributed by atoms with Crippen molar-refractivity contribution in [3.05, 3.63) is 29.8 Å². The summed E-state index contributed by atoms with van der Waals surface area (Å²) in [6, 6.07) is 7.91. The van der Waals surface area contributed by atoms with E-state index in [0.717, 1.165) is 62.4 Å². The lowest BCUT2D eigenvalue weighted by Crippen LogP contribution is -2.40. The number of benzene rings is 1. The van der Waals surface area contributed by atoms with Crippen molar-refractivity contribution in [2.45, 2.75) is 59.4 Å². The monoisotopic (exact) mass is 530 g/mol. The van der Waals surface area contributed by atoms with Crippen molar-refractivity contribution in [2.24, 2.45) is 22.7 Å². The van der Waals surface area contributed by atoms with Gasteiger partial charge in [0.1, 0.15) is 0 Å². The number of hydrogen-bond acceptors (Lipinski definition) is 3. The van der Waals surface area contributed by atoms with Crippen LogP contribution in [0.15, 0.2) is 29.3 Å². The van der Waals surface area contributed by atoms with Gasteiger partial charge in [-0.25, -0.2) is 4.99 Å². The van der Waals surface area contributed by atoms with Crippen molar-refractivity contribution in [1.82, 2.24) is 10.6 Å². The molecule has 30 heavy (non-hydrogen) atoms. The summed E-state index contributed by atoms with van der Waals surface area (Å²) in [5.41, 5.74) is 1.90. The van der Waals surface area contributed by atoms with Crippen molar-refractivity contribution in [3.63, 3.8) is 0 Å². The molecule has 4 N–H and O–H groups in total. The molecule has 1 atom stereocenters. The predicted octanol–water partition coefficient (Wildman–Crippen LogP) is 4.14. The molecule has 1 saturated carbocycles. The molecule has 1 aliphatic carbocycles. The van der Waals surface area contributed by atoms with E-state index in [-0.39, 0.29) is 42.4 Å². The van der Waals surface area contributed by atoms with Crippen molar-refractivity contribution >= 4 is 41.5 Å². The molecular formula is C23H39IN4O2. The summed E-state index contributed by atoms with van der Waals surface area (Å²) in [5.74, 6) is 2.12. The number of aliphatic imine (C=N–C) groups is 1. The molecule has 0 heterocycles. The number of nitrogens with zero attached hydrogens (tertiary/aromatic N) is 1. The van der Waals surface area contributed by atoms with Gasteiger partial charge in [0, 0.05) is 31.3 Å². The van der Waals surface area contributed by atoms with Gasteiger partial charge in [-0.3, -0.25) is 4.79 Å². The lowest BCUT2D eigenvalue weighted by atomic mass is 9.85. The number of rotatable bonds is 11. The van der Waals surface area contributed by atoms with Crippen LogP contribution in [-0.4, -0.2) is 36.7 Å². The van der Waals surface area contributed by atoms with Gasteiger partial charge < -0.3 is 21.1 Å². The standard InChI is InChI=1S/C23H38N4O2.HI/c1-4-24-23(26-16-19(11-12-28)13-17(2)3)25-15-18-7-5-10-21(14-18)27-22(29)20-8-6-9-20;/h5,7,10,14,17,19-20,28H,4,6,8-9,11-13,15-16H2,1-3H3,(H,27,29)(H2,24,25,26);1H. The van der Waals surface area contributed by atoms with Crippen LogP contribution in [0.5, 0.6) is 0 Å². The Hall–Kier alpha value is -1.35. The number of halogens is 1. The Balaban J connectivity index is 0.00000450. The molecule has 0 saturated heterocycles. The SMILES string of the molecule is CCNC(=NCc1cccc(NC(=O)C2CCC2)c1)NCC(CCO)CC(C)C.I. The molecule has 2 rings (SSSR count). The lowest BCUT2D eigenvalue weighted by Gasteiger charge is -2.24. The maximum Gasteiger partial charge on any atom is 0.227 e. The van der Waals surface area contributed by atoms with Crippen LogP contribution in [0.2, 0.25) is 0 Å². The molecule has 7 heteroatoms. The quantitative estimate of drug-likeness (QED) is 0.197. The summed E-state index contributed by atoms with van der Waals surface area (Å²) in [7, 11) is 0. The van der Waals surface area contributed by atoms with Gasteiger partial charge in [0.05, 0.1) is 6.54 Å². The maximum absolute atomic E-state index is 12.2. The summed E-state index contributed by atoms with van der Waals surface area (Å²) >= 11 is 0. The van der Waals surface area contributed by atoms with E-state index in [1.807, 2.05) is 31.2 Å². The second-order valence-electron chi connectivity index (χ2n) is 8.40. The van der Waals surface area contributed by atoms with Gasteiger partial charge >= 0.3 is 0 Å². The third kappa shape index (κ3) is 9.64. The maximum atomic E-state index is 12.2. The normalized spacial score (nSPS) is 15.2. The van der Waals surface area contributed by atoms with E-state index in [4.69, 9.17) is 4.99 Å². The Kier molecular flexibility index (Phi) is 13.0. The van der Waals surface area contributed by atoms with E-state index in [9.17, 15) is 9.90 Å². The number of anilines is 1. The van der Waals surface area contributed by atoms with Crippen LogP contribution >= 0.6 is 24.0 Å². The minimum atomic E-state index is 0. The number of aliphatic hydroxyl groups excluding tert-OH is 1. The Morgan fingerprint density at radius 1 is 1.27 bits per heavy atom. The number of hydrogen-bond donors (Lipinski definition) is 4. The van der Waals surface area contributed by atoms with Gasteiger partial charge in [-0.05, 0) is 62.1 Å². The fraction of sp³-hybridized carbons (Fsp3) is 0.652. The van der Waals surface area contributed by atoms with Crippen LogP contribution in [0.4, 0.5) is 5.69 Å². The molecule has 1 aromatic rings. The van der Waals surface area contributed by atoms with Gasteiger partial charge in [-0.15, -0.1) is 24.0 Å². The molecule has 170 valence electrons.